The van der Waals surface area contributed by atoms with Crippen molar-refractivity contribution in [2.24, 2.45) is 11.8 Å². The number of hydrogen-bond acceptors (Lipinski definition) is 2. The summed E-state index contributed by atoms with van der Waals surface area (Å²) in [5, 5.41) is 0. The molecule has 3 N–H and O–H groups in total. The molecule has 0 fully saturated rings. The fourth-order valence-electron chi connectivity index (χ4n) is 1.55. The van der Waals surface area contributed by atoms with Gasteiger partial charge < -0.3 is 0 Å². The van der Waals surface area contributed by atoms with Gasteiger partial charge >= 0.3 is 0 Å². The third kappa shape index (κ3) is 2.96. The summed E-state index contributed by atoms with van der Waals surface area (Å²) in [6.07, 6.45) is 0.612. The van der Waals surface area contributed by atoms with Crippen LogP contribution in [-0.4, -0.2) is 0 Å². The third-order valence-electron chi connectivity index (χ3n) is 2.32. The van der Waals surface area contributed by atoms with Crippen LogP contribution in [0.15, 0.2) is 12.1 Å². The van der Waals surface area contributed by atoms with Gasteiger partial charge in [-0.1, -0.05) is 13.8 Å². The molecule has 90 valence electrons. The van der Waals surface area contributed by atoms with Crippen LogP contribution in [0.25, 0.3) is 0 Å². The first-order valence-corrected chi connectivity index (χ1v) is 5.06. The molecule has 0 aromatic heterocycles. The zero-order chi connectivity index (χ0) is 12.3. The van der Waals surface area contributed by atoms with Crippen LogP contribution < -0.4 is 11.3 Å². The van der Waals surface area contributed by atoms with E-state index in [1.165, 1.54) is 0 Å². The van der Waals surface area contributed by atoms with Crippen LogP contribution in [0.3, 0.4) is 0 Å². The summed E-state index contributed by atoms with van der Waals surface area (Å²) in [6.45, 7) is 3.92. The van der Waals surface area contributed by atoms with E-state index in [2.05, 4.69) is 5.43 Å². The van der Waals surface area contributed by atoms with E-state index in [1.54, 1.807) is 0 Å². The predicted octanol–water partition coefficient (Wildman–Crippen LogP) is 2.65. The van der Waals surface area contributed by atoms with Crippen LogP contribution in [0.4, 0.5) is 13.2 Å². The van der Waals surface area contributed by atoms with Crippen molar-refractivity contribution in [2.45, 2.75) is 26.3 Å². The maximum absolute atomic E-state index is 13.0. The summed E-state index contributed by atoms with van der Waals surface area (Å²) in [5.41, 5.74) is 2.78. The number of hydrogen-bond donors (Lipinski definition) is 2. The van der Waals surface area contributed by atoms with Crippen molar-refractivity contribution in [3.63, 3.8) is 0 Å². The third-order valence-corrected chi connectivity index (χ3v) is 2.32. The Morgan fingerprint density at radius 2 is 1.69 bits per heavy atom. The van der Waals surface area contributed by atoms with Crippen molar-refractivity contribution < 1.29 is 13.2 Å². The van der Waals surface area contributed by atoms with Crippen molar-refractivity contribution in [2.75, 3.05) is 0 Å². The standard InChI is InChI=1S/C11H15F3N2/c1-6(2)3-10(16-15)7-4-8(12)11(14)9(13)5-7/h4-6,10,16H,3,15H2,1-2H3. The molecule has 5 heteroatoms. The molecule has 0 aliphatic rings. The highest BCUT2D eigenvalue weighted by molar-refractivity contribution is 5.22. The van der Waals surface area contributed by atoms with E-state index in [1.807, 2.05) is 13.8 Å². The van der Waals surface area contributed by atoms with Gasteiger partial charge in [0.1, 0.15) is 0 Å². The Morgan fingerprint density at radius 3 is 2.06 bits per heavy atom. The Bertz CT molecular complexity index is 343. The number of rotatable bonds is 4. The maximum atomic E-state index is 13.0. The van der Waals surface area contributed by atoms with Gasteiger partial charge in [0.25, 0.3) is 0 Å². The lowest BCUT2D eigenvalue weighted by Gasteiger charge is -2.18. The molecule has 1 aromatic carbocycles. The fraction of sp³-hybridized carbons (Fsp3) is 0.455. The van der Waals surface area contributed by atoms with Gasteiger partial charge in [-0.3, -0.25) is 11.3 Å². The van der Waals surface area contributed by atoms with E-state index in [9.17, 15) is 13.2 Å². The first-order valence-electron chi connectivity index (χ1n) is 5.06. The molecule has 2 nitrogen and oxygen atoms in total. The van der Waals surface area contributed by atoms with Gasteiger partial charge in [-0.25, -0.2) is 13.2 Å². The van der Waals surface area contributed by atoms with E-state index in [4.69, 9.17) is 5.84 Å². The second-order valence-corrected chi connectivity index (χ2v) is 4.15. The number of nitrogens with one attached hydrogen (secondary N) is 1. The van der Waals surface area contributed by atoms with Gasteiger partial charge in [-0.2, -0.15) is 0 Å². The largest absolute Gasteiger partial charge is 0.271 e. The Morgan fingerprint density at radius 1 is 1.19 bits per heavy atom. The molecule has 1 atom stereocenters. The molecule has 1 aromatic rings. The second-order valence-electron chi connectivity index (χ2n) is 4.15. The van der Waals surface area contributed by atoms with E-state index in [-0.39, 0.29) is 6.04 Å². The number of benzene rings is 1. The summed E-state index contributed by atoms with van der Waals surface area (Å²) in [7, 11) is 0. The van der Waals surface area contributed by atoms with Crippen molar-refractivity contribution in [1.82, 2.24) is 5.43 Å². The highest BCUT2D eigenvalue weighted by atomic mass is 19.2. The SMILES string of the molecule is CC(C)CC(NN)c1cc(F)c(F)c(F)c1. The summed E-state index contributed by atoms with van der Waals surface area (Å²) in [5.74, 6) is 1.76. The van der Waals surface area contributed by atoms with Crippen LogP contribution in [0.5, 0.6) is 0 Å². The first kappa shape index (κ1) is 13.0. The summed E-state index contributed by atoms with van der Waals surface area (Å²) >= 11 is 0. The topological polar surface area (TPSA) is 38.0 Å². The van der Waals surface area contributed by atoms with Crippen molar-refractivity contribution in [3.8, 4) is 0 Å². The van der Waals surface area contributed by atoms with E-state index in [0.717, 1.165) is 12.1 Å². The minimum absolute atomic E-state index is 0.303. The molecule has 0 radical (unpaired) electrons. The zero-order valence-corrected chi connectivity index (χ0v) is 9.23. The van der Waals surface area contributed by atoms with Gasteiger partial charge in [0.15, 0.2) is 17.5 Å². The van der Waals surface area contributed by atoms with E-state index >= 15 is 0 Å². The van der Waals surface area contributed by atoms with Crippen LogP contribution in [0.2, 0.25) is 0 Å². The minimum Gasteiger partial charge on any atom is -0.271 e. The van der Waals surface area contributed by atoms with Crippen LogP contribution in [0, 0.1) is 23.4 Å². The van der Waals surface area contributed by atoms with Gasteiger partial charge in [0, 0.05) is 6.04 Å². The monoisotopic (exact) mass is 232 g/mol. The lowest BCUT2D eigenvalue weighted by atomic mass is 9.97. The molecular formula is C11H15F3N2. The Kier molecular flexibility index (Phi) is 4.32. The molecule has 0 aliphatic heterocycles. The number of hydrazine groups is 1. The molecule has 0 heterocycles. The highest BCUT2D eigenvalue weighted by Crippen LogP contribution is 2.23. The lowest BCUT2D eigenvalue weighted by Crippen LogP contribution is -2.29. The smallest absolute Gasteiger partial charge is 0.194 e. The molecule has 1 rings (SSSR count). The molecule has 0 bridgehead atoms. The van der Waals surface area contributed by atoms with Gasteiger partial charge in [0.2, 0.25) is 0 Å². The Hall–Kier alpha value is -1.07. The fourth-order valence-corrected chi connectivity index (χ4v) is 1.55. The summed E-state index contributed by atoms with van der Waals surface area (Å²) in [6, 6.07) is 1.54. The van der Waals surface area contributed by atoms with Crippen LogP contribution in [-0.2, 0) is 0 Å². The normalized spacial score (nSPS) is 13.2. The van der Waals surface area contributed by atoms with E-state index in [0.29, 0.717) is 17.9 Å². The molecule has 0 saturated heterocycles. The Labute approximate surface area is 92.6 Å². The molecule has 0 saturated carbocycles. The molecule has 16 heavy (non-hydrogen) atoms. The maximum Gasteiger partial charge on any atom is 0.194 e. The Balaban J connectivity index is 3.01. The first-order chi connectivity index (χ1) is 7.45. The van der Waals surface area contributed by atoms with Gasteiger partial charge in [-0.15, -0.1) is 0 Å². The lowest BCUT2D eigenvalue weighted by molar-refractivity contribution is 0.417. The molecular weight excluding hydrogens is 217 g/mol. The molecule has 1 unspecified atom stereocenters. The van der Waals surface area contributed by atoms with Gasteiger partial charge in [0.05, 0.1) is 0 Å². The minimum atomic E-state index is -1.45. The van der Waals surface area contributed by atoms with Crippen molar-refractivity contribution in [3.05, 3.63) is 35.1 Å². The van der Waals surface area contributed by atoms with Crippen molar-refractivity contribution in [1.29, 1.82) is 0 Å². The summed E-state index contributed by atoms with van der Waals surface area (Å²) < 4.78 is 38.7. The predicted molar refractivity (Wildman–Crippen MR) is 55.8 cm³/mol. The molecule has 0 spiro atoms. The molecule has 0 aliphatic carbocycles. The van der Waals surface area contributed by atoms with Crippen molar-refractivity contribution >= 4 is 0 Å². The number of nitrogens with two attached hydrogens (primary N) is 1. The van der Waals surface area contributed by atoms with Crippen LogP contribution >= 0.6 is 0 Å². The average molecular weight is 232 g/mol. The molecule has 0 amide bonds. The zero-order valence-electron chi connectivity index (χ0n) is 9.23. The second kappa shape index (κ2) is 5.32. The summed E-state index contributed by atoms with van der Waals surface area (Å²) in [4.78, 5) is 0. The quantitative estimate of drug-likeness (QED) is 0.476. The van der Waals surface area contributed by atoms with Crippen LogP contribution in [0.1, 0.15) is 31.9 Å². The highest BCUT2D eigenvalue weighted by Gasteiger charge is 2.17. The van der Waals surface area contributed by atoms with E-state index < -0.39 is 17.5 Å². The van der Waals surface area contributed by atoms with Gasteiger partial charge in [-0.05, 0) is 30.0 Å². The average Bonchev–Trinajstić information content (AvgIpc) is 2.21. The number of halogens is 3.